The Kier molecular flexibility index (Phi) is 50.9. The molecule has 1 aliphatic heterocycles. The summed E-state index contributed by atoms with van der Waals surface area (Å²) in [4.78, 5) is 51.3. The molecule has 0 bridgehead atoms. The van der Waals surface area contributed by atoms with E-state index in [-0.39, 0.29) is 25.9 Å². The molecule has 81 heavy (non-hydrogen) atoms. The largest absolute Gasteiger partial charge is 0.479 e. The third kappa shape index (κ3) is 45.3. The molecule has 6 unspecified atom stereocenters. The molecule has 1 aliphatic rings. The third-order valence-corrected chi connectivity index (χ3v) is 13.5. The van der Waals surface area contributed by atoms with Gasteiger partial charge in [0.15, 0.2) is 24.6 Å². The molecule has 1 rings (SSSR count). The molecular formula is C69H110O12. The molecule has 12 nitrogen and oxygen atoms in total. The van der Waals surface area contributed by atoms with E-state index in [0.717, 1.165) is 141 Å². The predicted molar refractivity (Wildman–Crippen MR) is 330 cm³/mol. The van der Waals surface area contributed by atoms with Gasteiger partial charge in [0.05, 0.1) is 6.61 Å². The van der Waals surface area contributed by atoms with Gasteiger partial charge in [-0.3, -0.25) is 14.4 Å². The monoisotopic (exact) mass is 1130 g/mol. The van der Waals surface area contributed by atoms with Crippen molar-refractivity contribution in [3.05, 3.63) is 122 Å². The van der Waals surface area contributed by atoms with Crippen molar-refractivity contribution in [3.63, 3.8) is 0 Å². The highest BCUT2D eigenvalue weighted by molar-refractivity contribution is 5.74. The molecule has 0 aromatic rings. The standard InChI is InChI=1S/C69H110O12/c1-4-7-10-13-16-19-22-25-28-30-31-33-36-39-42-45-48-51-54-57-63(72)80-67-65(74)64(73)66(68(75)76)81-69(67)78-59-60(79-62(71)56-53-50-47-44-41-38-34-27-24-21-18-15-12-9-6-3)58-77-61(70)55-52-49-46-43-40-37-35-32-29-26-23-20-17-14-11-8-5-2/h7,9-10,12,16-21,25-29,31,33-34,39,42,60,64-67,69,73-74H,4-6,8,11,13-15,22-24,30,32,35-38,40-41,43-59H2,1-3H3,(H,75,76)/b10-7-,12-9-,19-16-,20-17-,21-18-,28-25-,29-26-,33-31-,34-27-,42-39-. The van der Waals surface area contributed by atoms with E-state index in [1.165, 1.54) is 38.5 Å². The lowest BCUT2D eigenvalue weighted by Crippen LogP contribution is -2.61. The number of aliphatic carboxylic acids is 1. The topological polar surface area (TPSA) is 175 Å². The number of aliphatic hydroxyl groups is 2. The van der Waals surface area contributed by atoms with Crippen molar-refractivity contribution >= 4 is 23.9 Å². The van der Waals surface area contributed by atoms with Gasteiger partial charge in [-0.2, -0.15) is 0 Å². The summed E-state index contributed by atoms with van der Waals surface area (Å²) in [5, 5.41) is 31.6. The summed E-state index contributed by atoms with van der Waals surface area (Å²) in [6.45, 7) is 5.71. The van der Waals surface area contributed by atoms with Gasteiger partial charge >= 0.3 is 23.9 Å². The number of hydrogen-bond acceptors (Lipinski definition) is 11. The molecule has 458 valence electrons. The minimum atomic E-state index is -1.93. The molecule has 0 aliphatic carbocycles. The number of unbranched alkanes of at least 4 members (excludes halogenated alkanes) is 18. The maximum absolute atomic E-state index is 13.2. The van der Waals surface area contributed by atoms with Crippen molar-refractivity contribution in [2.45, 2.75) is 276 Å². The van der Waals surface area contributed by atoms with E-state index in [4.69, 9.17) is 23.7 Å². The zero-order chi connectivity index (χ0) is 58.9. The second-order valence-electron chi connectivity index (χ2n) is 20.9. The van der Waals surface area contributed by atoms with Crippen LogP contribution in [0.4, 0.5) is 0 Å². The summed E-state index contributed by atoms with van der Waals surface area (Å²) in [7, 11) is 0. The lowest BCUT2D eigenvalue weighted by Gasteiger charge is -2.40. The van der Waals surface area contributed by atoms with E-state index < -0.39 is 67.3 Å². The van der Waals surface area contributed by atoms with E-state index in [1.807, 2.05) is 0 Å². The van der Waals surface area contributed by atoms with E-state index >= 15 is 0 Å². The molecule has 1 fully saturated rings. The molecule has 0 radical (unpaired) electrons. The van der Waals surface area contributed by atoms with Gasteiger partial charge in [0.1, 0.15) is 18.8 Å². The van der Waals surface area contributed by atoms with Gasteiger partial charge in [0.2, 0.25) is 0 Å². The number of esters is 3. The quantitative estimate of drug-likeness (QED) is 0.0228. The van der Waals surface area contributed by atoms with Crippen LogP contribution in [0, 0.1) is 0 Å². The van der Waals surface area contributed by atoms with Crippen LogP contribution in [0.15, 0.2) is 122 Å². The van der Waals surface area contributed by atoms with Crippen LogP contribution in [0.25, 0.3) is 0 Å². The van der Waals surface area contributed by atoms with Gasteiger partial charge in [-0.25, -0.2) is 4.79 Å². The molecule has 1 saturated heterocycles. The molecule has 0 spiro atoms. The number of aliphatic hydroxyl groups excluding tert-OH is 2. The Labute approximate surface area is 490 Å². The number of ether oxygens (including phenoxy) is 5. The van der Waals surface area contributed by atoms with Crippen LogP contribution in [0.2, 0.25) is 0 Å². The van der Waals surface area contributed by atoms with Crippen LogP contribution in [-0.2, 0) is 42.9 Å². The summed E-state index contributed by atoms with van der Waals surface area (Å²) in [5.41, 5.74) is 0. The molecule has 0 aromatic carbocycles. The van der Waals surface area contributed by atoms with Crippen molar-refractivity contribution in [1.29, 1.82) is 0 Å². The molecule has 0 saturated carbocycles. The fourth-order valence-electron chi connectivity index (χ4n) is 8.73. The lowest BCUT2D eigenvalue weighted by molar-refractivity contribution is -0.301. The second kappa shape index (κ2) is 55.6. The first-order valence-corrected chi connectivity index (χ1v) is 31.5. The fourth-order valence-corrected chi connectivity index (χ4v) is 8.73. The first kappa shape index (κ1) is 74.1. The van der Waals surface area contributed by atoms with Gasteiger partial charge in [-0.05, 0) is 128 Å². The Balaban J connectivity index is 2.71. The predicted octanol–water partition coefficient (Wildman–Crippen LogP) is 16.8. The first-order chi connectivity index (χ1) is 39.6. The van der Waals surface area contributed by atoms with Gasteiger partial charge in [0.25, 0.3) is 0 Å². The Morgan fingerprint density at radius 3 is 1.20 bits per heavy atom. The molecule has 0 aromatic heterocycles. The van der Waals surface area contributed by atoms with E-state index in [2.05, 4.69) is 142 Å². The number of allylic oxidation sites excluding steroid dienone is 20. The fraction of sp³-hybridized carbons (Fsp3) is 0.652. The lowest BCUT2D eigenvalue weighted by atomic mass is 9.98. The minimum Gasteiger partial charge on any atom is -0.479 e. The summed E-state index contributed by atoms with van der Waals surface area (Å²) >= 11 is 0. The number of carboxylic acids is 1. The van der Waals surface area contributed by atoms with Crippen molar-refractivity contribution in [2.24, 2.45) is 0 Å². The first-order valence-electron chi connectivity index (χ1n) is 31.5. The van der Waals surface area contributed by atoms with Gasteiger partial charge in [-0.15, -0.1) is 0 Å². The average Bonchev–Trinajstić information content (AvgIpc) is 3.54. The third-order valence-electron chi connectivity index (χ3n) is 13.5. The molecule has 6 atom stereocenters. The molecular weight excluding hydrogens is 1020 g/mol. The van der Waals surface area contributed by atoms with Crippen molar-refractivity contribution in [2.75, 3.05) is 13.2 Å². The molecule has 1 heterocycles. The average molecular weight is 1130 g/mol. The maximum Gasteiger partial charge on any atom is 0.335 e. The smallest absolute Gasteiger partial charge is 0.335 e. The summed E-state index contributed by atoms with van der Waals surface area (Å²) in [6, 6.07) is 0. The normalized spacial score (nSPS) is 18.6. The van der Waals surface area contributed by atoms with Gasteiger partial charge in [0, 0.05) is 19.3 Å². The highest BCUT2D eigenvalue weighted by Crippen LogP contribution is 2.26. The zero-order valence-corrected chi connectivity index (χ0v) is 50.5. The Morgan fingerprint density at radius 2 is 0.778 bits per heavy atom. The maximum atomic E-state index is 13.2. The highest BCUT2D eigenvalue weighted by atomic mass is 16.7. The van der Waals surface area contributed by atoms with Gasteiger partial charge < -0.3 is 39.0 Å². The van der Waals surface area contributed by atoms with Crippen LogP contribution >= 0.6 is 0 Å². The Morgan fingerprint density at radius 1 is 0.420 bits per heavy atom. The Bertz CT molecular complexity index is 1870. The van der Waals surface area contributed by atoms with Crippen LogP contribution in [-0.4, -0.2) is 89.2 Å². The minimum absolute atomic E-state index is 0.0122. The van der Waals surface area contributed by atoms with Crippen LogP contribution in [0.5, 0.6) is 0 Å². The summed E-state index contributed by atoms with van der Waals surface area (Å²) in [5.74, 6) is -3.21. The number of rotatable bonds is 52. The van der Waals surface area contributed by atoms with Crippen LogP contribution in [0.3, 0.4) is 0 Å². The number of hydrogen-bond donors (Lipinski definition) is 3. The Hall–Kier alpha value is -4.88. The number of carbonyl (C=O) groups excluding carboxylic acids is 3. The van der Waals surface area contributed by atoms with Crippen molar-refractivity contribution < 1.29 is 58.2 Å². The number of carboxylic acid groups (broad SMARTS) is 1. The van der Waals surface area contributed by atoms with E-state index in [1.54, 1.807) is 0 Å². The summed E-state index contributed by atoms with van der Waals surface area (Å²) < 4.78 is 28.4. The zero-order valence-electron chi connectivity index (χ0n) is 50.5. The van der Waals surface area contributed by atoms with Gasteiger partial charge in [-0.1, -0.05) is 213 Å². The molecule has 12 heteroatoms. The van der Waals surface area contributed by atoms with Crippen molar-refractivity contribution in [1.82, 2.24) is 0 Å². The summed E-state index contributed by atoms with van der Waals surface area (Å²) in [6.07, 6.45) is 64.4. The van der Waals surface area contributed by atoms with E-state index in [9.17, 15) is 34.5 Å². The second-order valence-corrected chi connectivity index (χ2v) is 20.9. The van der Waals surface area contributed by atoms with Crippen LogP contribution in [0.1, 0.15) is 239 Å². The van der Waals surface area contributed by atoms with Crippen LogP contribution < -0.4 is 0 Å². The SMILES string of the molecule is CC/C=C\C/C=C\C/C=C\C/C=C\C/C=C\CCCCCC(=O)OC1C(OCC(COC(=O)CCCCCCCCC/C=C\C/C=C\CCCCC)OC(=O)CCCCCCC/C=C\C/C=C\C/C=C\CC)OC(C(=O)O)C(O)C1O. The molecule has 0 amide bonds. The molecule has 3 N–H and O–H groups in total. The number of carbonyl (C=O) groups is 4. The van der Waals surface area contributed by atoms with E-state index in [0.29, 0.717) is 19.3 Å². The highest BCUT2D eigenvalue weighted by Gasteiger charge is 2.50. The van der Waals surface area contributed by atoms with Crippen molar-refractivity contribution in [3.8, 4) is 0 Å².